The molecule has 5 heteroatoms. The van der Waals surface area contributed by atoms with Crippen LogP contribution in [0.2, 0.25) is 0 Å². The summed E-state index contributed by atoms with van der Waals surface area (Å²) in [5.41, 5.74) is 4.09. The van der Waals surface area contributed by atoms with Crippen LogP contribution in [-0.2, 0) is 11.3 Å². The van der Waals surface area contributed by atoms with Crippen LogP contribution in [0.25, 0.3) is 10.9 Å². The number of benzene rings is 2. The SMILES string of the molecule is Cc1ccc2[nH]nc(C(=O)Nc3cccc(COC(C)C)c3)c2c1. The van der Waals surface area contributed by atoms with Gasteiger partial charge in [0.1, 0.15) is 0 Å². The molecule has 124 valence electrons. The van der Waals surface area contributed by atoms with Crippen molar-refractivity contribution in [3.05, 3.63) is 59.3 Å². The highest BCUT2D eigenvalue weighted by Crippen LogP contribution is 2.19. The number of nitrogens with one attached hydrogen (secondary N) is 2. The minimum Gasteiger partial charge on any atom is -0.374 e. The van der Waals surface area contributed by atoms with Crippen LogP contribution in [0, 0.1) is 6.92 Å². The van der Waals surface area contributed by atoms with Crippen molar-refractivity contribution in [2.45, 2.75) is 33.5 Å². The molecule has 0 aliphatic carbocycles. The van der Waals surface area contributed by atoms with E-state index in [2.05, 4.69) is 15.5 Å². The zero-order valence-electron chi connectivity index (χ0n) is 14.1. The summed E-state index contributed by atoms with van der Waals surface area (Å²) in [7, 11) is 0. The maximum Gasteiger partial charge on any atom is 0.276 e. The highest BCUT2D eigenvalue weighted by atomic mass is 16.5. The smallest absolute Gasteiger partial charge is 0.276 e. The number of aromatic nitrogens is 2. The predicted octanol–water partition coefficient (Wildman–Crippen LogP) is 4.05. The maximum atomic E-state index is 12.6. The number of H-pyrrole nitrogens is 1. The Balaban J connectivity index is 1.79. The fourth-order valence-corrected chi connectivity index (χ4v) is 2.49. The van der Waals surface area contributed by atoms with Crippen LogP contribution in [-0.4, -0.2) is 22.2 Å². The molecule has 3 rings (SSSR count). The van der Waals surface area contributed by atoms with Crippen molar-refractivity contribution >= 4 is 22.5 Å². The molecule has 1 aromatic heterocycles. The van der Waals surface area contributed by atoms with Gasteiger partial charge in [-0.1, -0.05) is 23.8 Å². The van der Waals surface area contributed by atoms with Crippen molar-refractivity contribution in [1.82, 2.24) is 10.2 Å². The van der Waals surface area contributed by atoms with Gasteiger partial charge in [-0.3, -0.25) is 9.89 Å². The topological polar surface area (TPSA) is 67.0 Å². The van der Waals surface area contributed by atoms with Crippen LogP contribution < -0.4 is 5.32 Å². The number of rotatable bonds is 5. The van der Waals surface area contributed by atoms with Gasteiger partial charge in [0.05, 0.1) is 18.2 Å². The van der Waals surface area contributed by atoms with Gasteiger partial charge in [0.2, 0.25) is 0 Å². The van der Waals surface area contributed by atoms with E-state index >= 15 is 0 Å². The van der Waals surface area contributed by atoms with Gasteiger partial charge in [0.15, 0.2) is 5.69 Å². The summed E-state index contributed by atoms with van der Waals surface area (Å²) in [4.78, 5) is 12.6. The van der Waals surface area contributed by atoms with Crippen LogP contribution in [0.5, 0.6) is 0 Å². The van der Waals surface area contributed by atoms with Crippen LogP contribution in [0.3, 0.4) is 0 Å². The van der Waals surface area contributed by atoms with Crippen molar-refractivity contribution < 1.29 is 9.53 Å². The van der Waals surface area contributed by atoms with Gasteiger partial charge < -0.3 is 10.1 Å². The minimum absolute atomic E-state index is 0.168. The monoisotopic (exact) mass is 323 g/mol. The van der Waals surface area contributed by atoms with Crippen molar-refractivity contribution in [2.24, 2.45) is 0 Å². The third kappa shape index (κ3) is 3.63. The van der Waals surface area contributed by atoms with E-state index in [1.54, 1.807) is 0 Å². The summed E-state index contributed by atoms with van der Waals surface area (Å²) < 4.78 is 5.60. The molecule has 0 aliphatic rings. The molecule has 0 fully saturated rings. The second-order valence-corrected chi connectivity index (χ2v) is 6.14. The molecule has 0 spiro atoms. The number of nitrogens with zero attached hydrogens (tertiary/aromatic N) is 1. The van der Waals surface area contributed by atoms with Crippen LogP contribution >= 0.6 is 0 Å². The lowest BCUT2D eigenvalue weighted by Crippen LogP contribution is -2.13. The second-order valence-electron chi connectivity index (χ2n) is 6.14. The first kappa shape index (κ1) is 16.2. The highest BCUT2D eigenvalue weighted by Gasteiger charge is 2.14. The first-order valence-corrected chi connectivity index (χ1v) is 7.99. The highest BCUT2D eigenvalue weighted by molar-refractivity contribution is 6.11. The molecule has 0 atom stereocenters. The number of hydrogen-bond acceptors (Lipinski definition) is 3. The van der Waals surface area contributed by atoms with Gasteiger partial charge in [0.25, 0.3) is 5.91 Å². The molecule has 0 saturated carbocycles. The van der Waals surface area contributed by atoms with Crippen molar-refractivity contribution in [1.29, 1.82) is 0 Å². The largest absolute Gasteiger partial charge is 0.374 e. The number of aromatic amines is 1. The molecule has 24 heavy (non-hydrogen) atoms. The molecular weight excluding hydrogens is 302 g/mol. The summed E-state index contributed by atoms with van der Waals surface area (Å²) >= 11 is 0. The zero-order chi connectivity index (χ0) is 17.1. The molecule has 5 nitrogen and oxygen atoms in total. The van der Waals surface area contributed by atoms with Crippen molar-refractivity contribution in [3.8, 4) is 0 Å². The van der Waals surface area contributed by atoms with E-state index in [0.29, 0.717) is 12.3 Å². The molecule has 0 bridgehead atoms. The fraction of sp³-hybridized carbons (Fsp3) is 0.263. The standard InChI is InChI=1S/C19H21N3O2/c1-12(2)24-11-14-5-4-6-15(10-14)20-19(23)18-16-9-13(3)7-8-17(16)21-22-18/h4-10,12H,11H2,1-3H3,(H,20,23)(H,21,22). The average Bonchev–Trinajstić information content (AvgIpc) is 2.96. The molecule has 0 unspecified atom stereocenters. The third-order valence-electron chi connectivity index (χ3n) is 3.70. The lowest BCUT2D eigenvalue weighted by molar-refractivity contribution is 0.0657. The van der Waals surface area contributed by atoms with Gasteiger partial charge in [-0.2, -0.15) is 5.10 Å². The van der Waals surface area contributed by atoms with Gasteiger partial charge in [0, 0.05) is 11.1 Å². The predicted molar refractivity (Wildman–Crippen MR) is 95.2 cm³/mol. The Morgan fingerprint density at radius 3 is 2.88 bits per heavy atom. The molecule has 0 aliphatic heterocycles. The Labute approximate surface area is 141 Å². The number of aryl methyl sites for hydroxylation is 1. The Morgan fingerprint density at radius 2 is 2.08 bits per heavy atom. The summed E-state index contributed by atoms with van der Waals surface area (Å²) in [6.07, 6.45) is 0.168. The Kier molecular flexibility index (Phi) is 4.62. The Hall–Kier alpha value is -2.66. The van der Waals surface area contributed by atoms with Crippen LogP contribution in [0.15, 0.2) is 42.5 Å². The summed E-state index contributed by atoms with van der Waals surface area (Å²) in [5, 5.41) is 10.8. The van der Waals surface area contributed by atoms with Crippen molar-refractivity contribution in [3.63, 3.8) is 0 Å². The normalized spacial score (nSPS) is 11.2. The van der Waals surface area contributed by atoms with E-state index < -0.39 is 0 Å². The van der Waals surface area contributed by atoms with Crippen molar-refractivity contribution in [2.75, 3.05) is 5.32 Å². The van der Waals surface area contributed by atoms with E-state index in [1.165, 1.54) is 0 Å². The Bertz CT molecular complexity index is 868. The quantitative estimate of drug-likeness (QED) is 0.744. The minimum atomic E-state index is -0.228. The van der Waals surface area contributed by atoms with Crippen LogP contribution in [0.1, 0.15) is 35.5 Å². The molecule has 1 amide bonds. The lowest BCUT2D eigenvalue weighted by atomic mass is 10.1. The Morgan fingerprint density at radius 1 is 1.25 bits per heavy atom. The fourth-order valence-electron chi connectivity index (χ4n) is 2.49. The van der Waals surface area contributed by atoms with E-state index in [-0.39, 0.29) is 12.0 Å². The van der Waals surface area contributed by atoms with Gasteiger partial charge in [-0.25, -0.2) is 0 Å². The molecule has 0 radical (unpaired) electrons. The molecule has 3 aromatic rings. The molecular formula is C19H21N3O2. The molecule has 2 aromatic carbocycles. The molecule has 0 saturated heterocycles. The van der Waals surface area contributed by atoms with E-state index in [9.17, 15) is 4.79 Å². The maximum absolute atomic E-state index is 12.6. The summed E-state index contributed by atoms with van der Waals surface area (Å²) in [6, 6.07) is 13.5. The number of ether oxygens (including phenoxy) is 1. The summed E-state index contributed by atoms with van der Waals surface area (Å²) in [6.45, 7) is 6.50. The molecule has 1 heterocycles. The number of carbonyl (C=O) groups excluding carboxylic acids is 1. The zero-order valence-corrected chi connectivity index (χ0v) is 14.1. The van der Waals surface area contributed by atoms with Gasteiger partial charge >= 0.3 is 0 Å². The van der Waals surface area contributed by atoms with E-state index in [4.69, 9.17) is 4.74 Å². The second kappa shape index (κ2) is 6.84. The van der Waals surface area contributed by atoms with E-state index in [0.717, 1.165) is 27.7 Å². The van der Waals surface area contributed by atoms with Crippen LogP contribution in [0.4, 0.5) is 5.69 Å². The van der Waals surface area contributed by atoms with Gasteiger partial charge in [-0.05, 0) is 50.6 Å². The first-order chi connectivity index (χ1) is 11.5. The summed E-state index contributed by atoms with van der Waals surface area (Å²) in [5.74, 6) is -0.228. The number of carbonyl (C=O) groups is 1. The first-order valence-electron chi connectivity index (χ1n) is 7.99. The molecule has 2 N–H and O–H groups in total. The number of anilines is 1. The third-order valence-corrected chi connectivity index (χ3v) is 3.70. The average molecular weight is 323 g/mol. The number of fused-ring (bicyclic) bond motifs is 1. The number of hydrogen-bond donors (Lipinski definition) is 2. The van der Waals surface area contributed by atoms with Gasteiger partial charge in [-0.15, -0.1) is 0 Å². The lowest BCUT2D eigenvalue weighted by Gasteiger charge is -2.09. The van der Waals surface area contributed by atoms with E-state index in [1.807, 2.05) is 63.2 Å². The number of amides is 1.